The quantitative estimate of drug-likeness (QED) is 0.493. The predicted molar refractivity (Wildman–Crippen MR) is 87.9 cm³/mol. The zero-order valence-corrected chi connectivity index (χ0v) is 14.5. The van der Waals surface area contributed by atoms with Crippen molar-refractivity contribution in [3.8, 4) is 5.75 Å². The summed E-state index contributed by atoms with van der Waals surface area (Å²) in [5, 5.41) is 0.159. The third kappa shape index (κ3) is 3.67. The van der Waals surface area contributed by atoms with E-state index in [9.17, 15) is 4.57 Å². The Morgan fingerprint density at radius 3 is 2.47 bits per heavy atom. The molecule has 2 rings (SSSR count). The molecule has 0 saturated carbocycles. The van der Waals surface area contributed by atoms with E-state index in [1.54, 1.807) is 28.7 Å². The van der Waals surface area contributed by atoms with Gasteiger partial charge in [-0.3, -0.25) is 4.57 Å². The predicted octanol–water partition coefficient (Wildman–Crippen LogP) is 4.61. The summed E-state index contributed by atoms with van der Waals surface area (Å²) in [4.78, 5) is 0. The highest BCUT2D eigenvalue weighted by molar-refractivity contribution is 8.77. The fourth-order valence-electron chi connectivity index (χ4n) is 1.97. The Balaban J connectivity index is 2.24. The Labute approximate surface area is 127 Å². The molecule has 3 nitrogen and oxygen atoms in total. The molecule has 7 heteroatoms. The third-order valence-corrected chi connectivity index (χ3v) is 7.45. The van der Waals surface area contributed by atoms with Gasteiger partial charge in [0.05, 0.1) is 18.5 Å². The molecular weight excluding hydrogens is 319 g/mol. The van der Waals surface area contributed by atoms with Crippen molar-refractivity contribution >= 4 is 41.1 Å². The average Bonchev–Trinajstić information content (AvgIpc) is 2.65. The van der Waals surface area contributed by atoms with E-state index in [-0.39, 0.29) is 16.1 Å². The Bertz CT molecular complexity index is 464. The number of ether oxygens (including phenoxy) is 1. The molecule has 3 atom stereocenters. The number of benzene rings is 1. The molecule has 0 spiro atoms. The Morgan fingerprint density at radius 1 is 1.32 bits per heavy atom. The van der Waals surface area contributed by atoms with Crippen LogP contribution < -0.4 is 4.74 Å². The number of hydrogen-bond donors (Lipinski definition) is 1. The van der Waals surface area contributed by atoms with Crippen LogP contribution >= 0.6 is 41.1 Å². The molecule has 1 saturated heterocycles. The summed E-state index contributed by atoms with van der Waals surface area (Å²) < 4.78 is 22.0. The molecule has 1 aromatic rings. The van der Waals surface area contributed by atoms with E-state index in [1.165, 1.54) is 0 Å². The lowest BCUT2D eigenvalue weighted by Crippen LogP contribution is -2.32. The van der Waals surface area contributed by atoms with Crippen LogP contribution in [0.4, 0.5) is 0 Å². The zero-order valence-electron chi connectivity index (χ0n) is 11.0. The van der Waals surface area contributed by atoms with E-state index >= 15 is 0 Å². The SMILES string of the molecule is COc1ccc([C@H]2SSC(C)(C)[C@H]2O[PH](=O)S)cc1. The van der Waals surface area contributed by atoms with Crippen molar-refractivity contribution in [1.82, 2.24) is 0 Å². The van der Waals surface area contributed by atoms with E-state index in [4.69, 9.17) is 9.26 Å². The molecule has 0 bridgehead atoms. The van der Waals surface area contributed by atoms with Crippen LogP contribution in [-0.4, -0.2) is 18.0 Å². The van der Waals surface area contributed by atoms with Crippen molar-refractivity contribution in [3.63, 3.8) is 0 Å². The van der Waals surface area contributed by atoms with Gasteiger partial charge in [0.1, 0.15) is 5.75 Å². The van der Waals surface area contributed by atoms with Gasteiger partial charge in [-0.05, 0) is 31.5 Å². The van der Waals surface area contributed by atoms with Crippen molar-refractivity contribution in [3.05, 3.63) is 29.8 Å². The minimum Gasteiger partial charge on any atom is -0.497 e. The second-order valence-electron chi connectivity index (χ2n) is 4.78. The van der Waals surface area contributed by atoms with Gasteiger partial charge in [-0.15, -0.1) is 0 Å². The molecular formula is C12H17O3PS3. The minimum absolute atomic E-state index is 0.0850. The fraction of sp³-hybridized carbons (Fsp3) is 0.500. The highest BCUT2D eigenvalue weighted by atomic mass is 33.1. The normalized spacial score (nSPS) is 27.2. The first-order chi connectivity index (χ1) is 8.94. The fourth-order valence-corrected chi connectivity index (χ4v) is 6.60. The monoisotopic (exact) mass is 336 g/mol. The van der Waals surface area contributed by atoms with E-state index in [2.05, 4.69) is 26.1 Å². The van der Waals surface area contributed by atoms with Gasteiger partial charge < -0.3 is 9.26 Å². The van der Waals surface area contributed by atoms with Crippen molar-refractivity contribution in [2.45, 2.75) is 29.9 Å². The maximum Gasteiger partial charge on any atom is 0.243 e. The van der Waals surface area contributed by atoms with E-state index in [0.717, 1.165) is 11.3 Å². The molecule has 19 heavy (non-hydrogen) atoms. The molecule has 106 valence electrons. The lowest BCUT2D eigenvalue weighted by Gasteiger charge is -2.27. The summed E-state index contributed by atoms with van der Waals surface area (Å²) in [7, 11) is 2.93. The maximum absolute atomic E-state index is 11.4. The molecule has 0 N–H and O–H groups in total. The van der Waals surface area contributed by atoms with Crippen molar-refractivity contribution in [2.24, 2.45) is 0 Å². The van der Waals surface area contributed by atoms with Crippen molar-refractivity contribution < 1.29 is 13.8 Å². The van der Waals surface area contributed by atoms with Crippen LogP contribution in [0.25, 0.3) is 0 Å². The van der Waals surface area contributed by atoms with E-state index in [1.807, 2.05) is 24.3 Å². The summed E-state index contributed by atoms with van der Waals surface area (Å²) in [5.41, 5.74) is 1.16. The molecule has 1 unspecified atom stereocenters. The van der Waals surface area contributed by atoms with Crippen LogP contribution in [0, 0.1) is 0 Å². The van der Waals surface area contributed by atoms with Crippen LogP contribution in [0.15, 0.2) is 24.3 Å². The summed E-state index contributed by atoms with van der Waals surface area (Å²) >= 11 is 3.92. The van der Waals surface area contributed by atoms with Gasteiger partial charge in [0, 0.05) is 4.75 Å². The second-order valence-corrected chi connectivity index (χ2v) is 9.64. The summed E-state index contributed by atoms with van der Waals surface area (Å²) in [6.07, 6.45) is -0.111. The topological polar surface area (TPSA) is 35.5 Å². The first-order valence-corrected chi connectivity index (χ1v) is 10.6. The number of thiol groups is 1. The highest BCUT2D eigenvalue weighted by Crippen LogP contribution is 2.61. The third-order valence-electron chi connectivity index (χ3n) is 3.00. The molecule has 1 aliphatic rings. The summed E-state index contributed by atoms with van der Waals surface area (Å²) in [6, 6.07) is 7.94. The molecule has 1 aliphatic heterocycles. The van der Waals surface area contributed by atoms with Crippen molar-refractivity contribution in [2.75, 3.05) is 7.11 Å². The Kier molecular flexibility index (Phi) is 5.23. The largest absolute Gasteiger partial charge is 0.497 e. The molecule has 0 amide bonds. The van der Waals surface area contributed by atoms with Gasteiger partial charge >= 0.3 is 0 Å². The lowest BCUT2D eigenvalue weighted by molar-refractivity contribution is 0.186. The lowest BCUT2D eigenvalue weighted by atomic mass is 9.98. The minimum atomic E-state index is -2.25. The molecule has 1 fully saturated rings. The van der Waals surface area contributed by atoms with Crippen LogP contribution in [0.1, 0.15) is 24.7 Å². The Morgan fingerprint density at radius 2 is 1.95 bits per heavy atom. The van der Waals surface area contributed by atoms with Gasteiger partial charge in [-0.25, -0.2) is 0 Å². The number of hydrogen-bond acceptors (Lipinski definition) is 5. The van der Waals surface area contributed by atoms with E-state index in [0.29, 0.717) is 0 Å². The van der Waals surface area contributed by atoms with Crippen LogP contribution in [0.2, 0.25) is 0 Å². The standard InChI is InChI=1S/C12H17O3PS3/c1-12(2)11(15-16(13)17)10(18-19-12)8-4-6-9(14-3)7-5-8/h4-7,10-11,16H,1-3H3,(H,13,17)/t10-,11+/m1/s1. The number of methoxy groups -OCH3 is 1. The van der Waals surface area contributed by atoms with Crippen LogP contribution in [-0.2, 0) is 9.09 Å². The maximum atomic E-state index is 11.4. The van der Waals surface area contributed by atoms with Gasteiger partial charge in [0.15, 0.2) is 0 Å². The number of rotatable bonds is 4. The van der Waals surface area contributed by atoms with Gasteiger partial charge in [0.25, 0.3) is 0 Å². The van der Waals surface area contributed by atoms with Gasteiger partial charge in [0.2, 0.25) is 7.23 Å². The average molecular weight is 336 g/mol. The van der Waals surface area contributed by atoms with Crippen LogP contribution in [0.3, 0.4) is 0 Å². The molecule has 0 radical (unpaired) electrons. The zero-order chi connectivity index (χ0) is 14.0. The first kappa shape index (κ1) is 15.6. The molecule has 1 heterocycles. The smallest absolute Gasteiger partial charge is 0.243 e. The van der Waals surface area contributed by atoms with Crippen LogP contribution in [0.5, 0.6) is 5.75 Å². The molecule has 0 aliphatic carbocycles. The summed E-state index contributed by atoms with van der Waals surface area (Å²) in [6.45, 7) is 4.22. The van der Waals surface area contributed by atoms with E-state index < -0.39 is 7.23 Å². The van der Waals surface area contributed by atoms with Gasteiger partial charge in [-0.2, -0.15) is 0 Å². The summed E-state index contributed by atoms with van der Waals surface area (Å²) in [5.74, 6) is 0.832. The van der Waals surface area contributed by atoms with Gasteiger partial charge in [-0.1, -0.05) is 46.0 Å². The first-order valence-electron chi connectivity index (χ1n) is 5.82. The van der Waals surface area contributed by atoms with Crippen molar-refractivity contribution in [1.29, 1.82) is 0 Å². The second kappa shape index (κ2) is 6.35. The molecule has 1 aromatic carbocycles. The highest BCUT2D eigenvalue weighted by Gasteiger charge is 2.46. The Hall–Kier alpha value is 0.260. The molecule has 0 aromatic heterocycles.